The molecular weight excluding hydrogens is 302 g/mol. The number of piperidine rings is 1. The number of nitrogens with zero attached hydrogens (tertiary/aromatic N) is 1. The molecule has 24 heavy (non-hydrogen) atoms. The minimum Gasteiger partial charge on any atom is -0.373 e. The summed E-state index contributed by atoms with van der Waals surface area (Å²) in [6.07, 6.45) is 9.59. The van der Waals surface area contributed by atoms with Crippen LogP contribution in [0.1, 0.15) is 65.2 Å². The zero-order valence-corrected chi connectivity index (χ0v) is 15.5. The van der Waals surface area contributed by atoms with Gasteiger partial charge in [0.25, 0.3) is 0 Å². The van der Waals surface area contributed by atoms with E-state index in [1.54, 1.807) is 0 Å². The summed E-state index contributed by atoms with van der Waals surface area (Å²) in [4.78, 5) is 15.2. The lowest BCUT2D eigenvalue weighted by molar-refractivity contribution is -0.130. The molecule has 1 amide bonds. The number of rotatable bonds is 4. The van der Waals surface area contributed by atoms with Gasteiger partial charge in [0.05, 0.1) is 18.2 Å². The van der Waals surface area contributed by atoms with Gasteiger partial charge in [0, 0.05) is 25.2 Å². The van der Waals surface area contributed by atoms with Crippen molar-refractivity contribution in [1.29, 1.82) is 0 Å². The van der Waals surface area contributed by atoms with Crippen LogP contribution in [0.25, 0.3) is 0 Å². The summed E-state index contributed by atoms with van der Waals surface area (Å²) >= 11 is 0. The molecule has 1 saturated carbocycles. The predicted molar refractivity (Wildman–Crippen MR) is 96.1 cm³/mol. The van der Waals surface area contributed by atoms with Crippen molar-refractivity contribution in [3.8, 4) is 0 Å². The van der Waals surface area contributed by atoms with Crippen LogP contribution in [-0.4, -0.2) is 60.8 Å². The molecule has 138 valence electrons. The smallest absolute Gasteiger partial charge is 0.237 e. The number of hydrogen-bond acceptors (Lipinski definition) is 4. The molecule has 3 fully saturated rings. The third-order valence-corrected chi connectivity index (χ3v) is 6.10. The molecule has 0 aromatic heterocycles. The second kappa shape index (κ2) is 7.71. The lowest BCUT2D eigenvalue weighted by Crippen LogP contribution is -2.63. The van der Waals surface area contributed by atoms with E-state index in [0.717, 1.165) is 45.6 Å². The highest BCUT2D eigenvalue weighted by molar-refractivity contribution is 5.81. The molecule has 1 atom stereocenters. The Kier molecular flexibility index (Phi) is 5.83. The van der Waals surface area contributed by atoms with Crippen molar-refractivity contribution in [2.75, 3.05) is 32.8 Å². The van der Waals surface area contributed by atoms with Crippen LogP contribution in [0.4, 0.5) is 0 Å². The van der Waals surface area contributed by atoms with Crippen LogP contribution < -0.4 is 10.6 Å². The largest absolute Gasteiger partial charge is 0.373 e. The van der Waals surface area contributed by atoms with Crippen molar-refractivity contribution in [2.24, 2.45) is 0 Å². The first kappa shape index (κ1) is 18.2. The SMILES string of the molecule is CC1(C)CN(C2(CNC(=O)[C@H]3CCCCN3)CCCCC2)CCO1. The van der Waals surface area contributed by atoms with Gasteiger partial charge in [-0.3, -0.25) is 9.69 Å². The molecule has 2 heterocycles. The lowest BCUT2D eigenvalue weighted by Gasteiger charge is -2.51. The first-order valence-electron chi connectivity index (χ1n) is 9.91. The van der Waals surface area contributed by atoms with Gasteiger partial charge in [-0.1, -0.05) is 25.7 Å². The summed E-state index contributed by atoms with van der Waals surface area (Å²) in [6, 6.07) is 0.0144. The van der Waals surface area contributed by atoms with Crippen molar-refractivity contribution in [3.05, 3.63) is 0 Å². The van der Waals surface area contributed by atoms with Gasteiger partial charge in [0.2, 0.25) is 5.91 Å². The average Bonchev–Trinajstić information content (AvgIpc) is 2.60. The maximum absolute atomic E-state index is 12.6. The number of nitrogens with one attached hydrogen (secondary N) is 2. The van der Waals surface area contributed by atoms with Crippen molar-refractivity contribution in [3.63, 3.8) is 0 Å². The van der Waals surface area contributed by atoms with Crippen molar-refractivity contribution >= 4 is 5.91 Å². The molecule has 5 nitrogen and oxygen atoms in total. The van der Waals surface area contributed by atoms with Gasteiger partial charge >= 0.3 is 0 Å². The lowest BCUT2D eigenvalue weighted by atomic mass is 9.79. The van der Waals surface area contributed by atoms with E-state index in [4.69, 9.17) is 4.74 Å². The van der Waals surface area contributed by atoms with Gasteiger partial charge in [-0.25, -0.2) is 0 Å². The highest BCUT2D eigenvalue weighted by Crippen LogP contribution is 2.36. The predicted octanol–water partition coefficient (Wildman–Crippen LogP) is 2.06. The minimum atomic E-state index is -0.0857. The van der Waals surface area contributed by atoms with Gasteiger partial charge in [0.1, 0.15) is 0 Å². The molecule has 1 aliphatic carbocycles. The Balaban J connectivity index is 1.63. The first-order valence-corrected chi connectivity index (χ1v) is 9.91. The van der Waals surface area contributed by atoms with Gasteiger partial charge in [-0.2, -0.15) is 0 Å². The summed E-state index contributed by atoms with van der Waals surface area (Å²) in [5.41, 5.74) is 0.0429. The van der Waals surface area contributed by atoms with E-state index < -0.39 is 0 Å². The summed E-state index contributed by atoms with van der Waals surface area (Å²) in [5, 5.41) is 6.67. The number of morpholine rings is 1. The molecule has 0 aromatic carbocycles. The third kappa shape index (κ3) is 4.30. The summed E-state index contributed by atoms with van der Waals surface area (Å²) in [6.45, 7) is 8.87. The van der Waals surface area contributed by atoms with Gasteiger partial charge < -0.3 is 15.4 Å². The molecule has 0 spiro atoms. The van der Waals surface area contributed by atoms with Gasteiger partial charge in [-0.05, 0) is 46.1 Å². The van der Waals surface area contributed by atoms with E-state index in [1.807, 2.05) is 0 Å². The third-order valence-electron chi connectivity index (χ3n) is 6.10. The number of hydrogen-bond donors (Lipinski definition) is 2. The van der Waals surface area contributed by atoms with Crippen LogP contribution in [0.15, 0.2) is 0 Å². The second-order valence-corrected chi connectivity index (χ2v) is 8.54. The topological polar surface area (TPSA) is 53.6 Å². The Hall–Kier alpha value is -0.650. The summed E-state index contributed by atoms with van der Waals surface area (Å²) in [7, 11) is 0. The molecule has 2 saturated heterocycles. The Morgan fingerprint density at radius 3 is 2.67 bits per heavy atom. The van der Waals surface area contributed by atoms with E-state index in [9.17, 15) is 4.79 Å². The molecule has 0 bridgehead atoms. The van der Waals surface area contributed by atoms with E-state index in [0.29, 0.717) is 0 Å². The standard InChI is InChI=1S/C19H35N3O2/c1-18(2)15-22(12-13-24-18)19(9-5-3-6-10-19)14-21-17(23)16-8-4-7-11-20-16/h16,20H,3-15H2,1-2H3,(H,21,23)/t16-/m1/s1. The fourth-order valence-electron chi connectivity index (χ4n) is 4.69. The van der Waals surface area contributed by atoms with Crippen molar-refractivity contribution < 1.29 is 9.53 Å². The number of ether oxygens (including phenoxy) is 1. The maximum Gasteiger partial charge on any atom is 0.237 e. The minimum absolute atomic E-state index is 0.0144. The second-order valence-electron chi connectivity index (χ2n) is 8.54. The monoisotopic (exact) mass is 337 g/mol. The van der Waals surface area contributed by atoms with E-state index in [1.165, 1.54) is 38.5 Å². The molecular formula is C19H35N3O2. The number of carbonyl (C=O) groups excluding carboxylic acids is 1. The molecule has 3 rings (SSSR count). The van der Waals surface area contributed by atoms with Crippen LogP contribution >= 0.6 is 0 Å². The Bertz CT molecular complexity index is 426. The molecule has 0 unspecified atom stereocenters. The van der Waals surface area contributed by atoms with Crippen LogP contribution in [-0.2, 0) is 9.53 Å². The Labute approximate surface area is 146 Å². The fourth-order valence-corrected chi connectivity index (χ4v) is 4.69. The highest BCUT2D eigenvalue weighted by atomic mass is 16.5. The summed E-state index contributed by atoms with van der Waals surface area (Å²) < 4.78 is 5.91. The number of amides is 1. The van der Waals surface area contributed by atoms with E-state index >= 15 is 0 Å². The molecule has 0 radical (unpaired) electrons. The van der Waals surface area contributed by atoms with Crippen LogP contribution in [0.2, 0.25) is 0 Å². The van der Waals surface area contributed by atoms with Crippen LogP contribution in [0, 0.1) is 0 Å². The number of carbonyl (C=O) groups is 1. The van der Waals surface area contributed by atoms with E-state index in [2.05, 4.69) is 29.4 Å². The quantitative estimate of drug-likeness (QED) is 0.824. The molecule has 5 heteroatoms. The average molecular weight is 338 g/mol. The molecule has 2 aliphatic heterocycles. The Morgan fingerprint density at radius 2 is 2.00 bits per heavy atom. The normalized spacial score (nSPS) is 30.7. The van der Waals surface area contributed by atoms with Gasteiger partial charge in [-0.15, -0.1) is 0 Å². The molecule has 3 aliphatic rings. The van der Waals surface area contributed by atoms with Crippen molar-refractivity contribution in [2.45, 2.75) is 82.4 Å². The maximum atomic E-state index is 12.6. The van der Waals surface area contributed by atoms with Crippen LogP contribution in [0.5, 0.6) is 0 Å². The fraction of sp³-hybridized carbons (Fsp3) is 0.947. The van der Waals surface area contributed by atoms with Gasteiger partial charge in [0.15, 0.2) is 0 Å². The highest BCUT2D eigenvalue weighted by Gasteiger charge is 2.42. The first-order chi connectivity index (χ1) is 11.5. The van der Waals surface area contributed by atoms with E-state index in [-0.39, 0.29) is 23.1 Å². The molecule has 0 aromatic rings. The zero-order valence-electron chi connectivity index (χ0n) is 15.5. The summed E-state index contributed by atoms with van der Waals surface area (Å²) in [5.74, 6) is 0.201. The zero-order chi connectivity index (χ0) is 17.0. The molecule has 2 N–H and O–H groups in total. The van der Waals surface area contributed by atoms with Crippen molar-refractivity contribution in [1.82, 2.24) is 15.5 Å². The van der Waals surface area contributed by atoms with Crippen LogP contribution in [0.3, 0.4) is 0 Å². The Morgan fingerprint density at radius 1 is 1.21 bits per heavy atom.